The molecule has 0 aromatic carbocycles. The van der Waals surface area contributed by atoms with Gasteiger partial charge in [0.2, 0.25) is 5.88 Å². The van der Waals surface area contributed by atoms with Crippen LogP contribution in [0.5, 0.6) is 5.88 Å². The quantitative estimate of drug-likeness (QED) is 0.857. The first kappa shape index (κ1) is 13.9. The molecular weight excluding hydrogens is 248 g/mol. The van der Waals surface area contributed by atoms with E-state index in [0.29, 0.717) is 12.0 Å². The molecule has 110 valence electrons. The van der Waals surface area contributed by atoms with Crippen molar-refractivity contribution in [1.82, 2.24) is 10.3 Å². The van der Waals surface area contributed by atoms with E-state index in [9.17, 15) is 0 Å². The number of hydrogen-bond donors (Lipinski definition) is 1. The van der Waals surface area contributed by atoms with Gasteiger partial charge in [-0.3, -0.25) is 0 Å². The first-order chi connectivity index (χ1) is 9.70. The van der Waals surface area contributed by atoms with Gasteiger partial charge in [0.25, 0.3) is 0 Å². The van der Waals surface area contributed by atoms with Crippen LogP contribution in [0.2, 0.25) is 0 Å². The van der Waals surface area contributed by atoms with Gasteiger partial charge in [-0.15, -0.1) is 0 Å². The van der Waals surface area contributed by atoms with Gasteiger partial charge >= 0.3 is 0 Å². The van der Waals surface area contributed by atoms with Crippen LogP contribution in [0, 0.1) is 0 Å². The van der Waals surface area contributed by atoms with Gasteiger partial charge in [0.15, 0.2) is 0 Å². The lowest BCUT2D eigenvalue weighted by molar-refractivity contribution is 0.200. The van der Waals surface area contributed by atoms with Crippen LogP contribution in [0.15, 0.2) is 12.1 Å². The average Bonchev–Trinajstić information content (AvgIpc) is 3.13. The number of nitrogens with zero attached hydrogens (tertiary/aromatic N) is 1. The highest BCUT2D eigenvalue weighted by Crippen LogP contribution is 2.26. The standard InChI is InChI=1S/C17H26N2O/c1-12(2)16-9-13(11-18-14-7-8-14)10-17(19-16)20-15-5-3-4-6-15/h9-10,12,14-15,18H,3-8,11H2,1-2H3. The predicted molar refractivity (Wildman–Crippen MR) is 81.1 cm³/mol. The molecule has 0 aliphatic heterocycles. The molecule has 0 radical (unpaired) electrons. The highest BCUT2D eigenvalue weighted by Gasteiger charge is 2.21. The summed E-state index contributed by atoms with van der Waals surface area (Å²) in [5.41, 5.74) is 2.46. The van der Waals surface area contributed by atoms with Crippen LogP contribution in [0.25, 0.3) is 0 Å². The highest BCUT2D eigenvalue weighted by molar-refractivity contribution is 5.27. The Kier molecular flexibility index (Phi) is 4.25. The molecule has 1 heterocycles. The Morgan fingerprint density at radius 1 is 1.20 bits per heavy atom. The minimum absolute atomic E-state index is 0.383. The molecule has 2 aliphatic rings. The average molecular weight is 274 g/mol. The topological polar surface area (TPSA) is 34.1 Å². The summed E-state index contributed by atoms with van der Waals surface area (Å²) >= 11 is 0. The van der Waals surface area contributed by atoms with Crippen molar-refractivity contribution in [2.75, 3.05) is 0 Å². The van der Waals surface area contributed by atoms with Gasteiger partial charge in [0.05, 0.1) is 0 Å². The Morgan fingerprint density at radius 3 is 2.60 bits per heavy atom. The van der Waals surface area contributed by atoms with Crippen molar-refractivity contribution in [2.45, 2.75) is 77.0 Å². The van der Waals surface area contributed by atoms with Crippen molar-refractivity contribution in [3.63, 3.8) is 0 Å². The summed E-state index contributed by atoms with van der Waals surface area (Å²) in [6.07, 6.45) is 8.00. The van der Waals surface area contributed by atoms with Crippen LogP contribution in [-0.4, -0.2) is 17.1 Å². The van der Waals surface area contributed by atoms with Crippen molar-refractivity contribution in [3.8, 4) is 5.88 Å². The second-order valence-electron chi connectivity index (χ2n) is 6.57. The van der Waals surface area contributed by atoms with E-state index in [2.05, 4.69) is 36.3 Å². The maximum absolute atomic E-state index is 6.09. The lowest BCUT2D eigenvalue weighted by atomic mass is 10.1. The Morgan fingerprint density at radius 2 is 1.95 bits per heavy atom. The molecule has 3 rings (SSSR count). The van der Waals surface area contributed by atoms with Gasteiger partial charge in [0.1, 0.15) is 6.10 Å². The zero-order valence-electron chi connectivity index (χ0n) is 12.7. The monoisotopic (exact) mass is 274 g/mol. The van der Waals surface area contributed by atoms with Crippen LogP contribution in [-0.2, 0) is 6.54 Å². The second kappa shape index (κ2) is 6.13. The summed E-state index contributed by atoms with van der Waals surface area (Å²) in [4.78, 5) is 4.69. The maximum Gasteiger partial charge on any atom is 0.214 e. The number of nitrogens with one attached hydrogen (secondary N) is 1. The van der Waals surface area contributed by atoms with Crippen LogP contribution >= 0.6 is 0 Å². The molecule has 3 heteroatoms. The van der Waals surface area contributed by atoms with Crippen LogP contribution < -0.4 is 10.1 Å². The summed E-state index contributed by atoms with van der Waals surface area (Å²) in [6.45, 7) is 5.33. The van der Waals surface area contributed by atoms with Gasteiger partial charge < -0.3 is 10.1 Å². The summed E-state index contributed by atoms with van der Waals surface area (Å²) in [5, 5.41) is 3.58. The van der Waals surface area contributed by atoms with Gasteiger partial charge in [0, 0.05) is 24.3 Å². The van der Waals surface area contributed by atoms with E-state index in [-0.39, 0.29) is 0 Å². The summed E-state index contributed by atoms with van der Waals surface area (Å²) < 4.78 is 6.09. The summed E-state index contributed by atoms with van der Waals surface area (Å²) in [7, 11) is 0. The van der Waals surface area contributed by atoms with E-state index in [1.165, 1.54) is 44.1 Å². The summed E-state index contributed by atoms with van der Waals surface area (Å²) in [6, 6.07) is 5.09. The van der Waals surface area contributed by atoms with Crippen LogP contribution in [0.4, 0.5) is 0 Å². The van der Waals surface area contributed by atoms with Crippen molar-refractivity contribution in [2.24, 2.45) is 0 Å². The molecule has 1 aromatic rings. The molecule has 2 fully saturated rings. The molecule has 0 saturated heterocycles. The number of ether oxygens (including phenoxy) is 1. The van der Waals surface area contributed by atoms with E-state index in [1.807, 2.05) is 0 Å². The van der Waals surface area contributed by atoms with Gasteiger partial charge in [-0.2, -0.15) is 0 Å². The Balaban J connectivity index is 1.71. The second-order valence-corrected chi connectivity index (χ2v) is 6.57. The number of pyridine rings is 1. The first-order valence-electron chi connectivity index (χ1n) is 8.11. The van der Waals surface area contributed by atoms with E-state index in [1.54, 1.807) is 0 Å². The Hall–Kier alpha value is -1.09. The fraction of sp³-hybridized carbons (Fsp3) is 0.706. The van der Waals surface area contributed by atoms with E-state index < -0.39 is 0 Å². The number of aromatic nitrogens is 1. The third-order valence-corrected chi connectivity index (χ3v) is 4.23. The van der Waals surface area contributed by atoms with Crippen molar-refractivity contribution < 1.29 is 4.74 Å². The molecule has 0 amide bonds. The largest absolute Gasteiger partial charge is 0.474 e. The van der Waals surface area contributed by atoms with Crippen LogP contribution in [0.1, 0.15) is 69.5 Å². The molecule has 3 nitrogen and oxygen atoms in total. The minimum Gasteiger partial charge on any atom is -0.474 e. The molecule has 0 atom stereocenters. The van der Waals surface area contributed by atoms with Gasteiger partial charge in [-0.1, -0.05) is 13.8 Å². The minimum atomic E-state index is 0.383. The van der Waals surface area contributed by atoms with E-state index in [0.717, 1.165) is 24.2 Å². The molecule has 1 aromatic heterocycles. The fourth-order valence-corrected chi connectivity index (χ4v) is 2.77. The molecule has 2 aliphatic carbocycles. The van der Waals surface area contributed by atoms with Crippen molar-refractivity contribution >= 4 is 0 Å². The number of rotatable bonds is 6. The maximum atomic E-state index is 6.09. The molecule has 2 saturated carbocycles. The molecule has 0 bridgehead atoms. The van der Waals surface area contributed by atoms with Crippen molar-refractivity contribution in [3.05, 3.63) is 23.4 Å². The fourth-order valence-electron chi connectivity index (χ4n) is 2.77. The molecule has 0 unspecified atom stereocenters. The van der Waals surface area contributed by atoms with Gasteiger partial charge in [-0.25, -0.2) is 4.98 Å². The highest BCUT2D eigenvalue weighted by atomic mass is 16.5. The third-order valence-electron chi connectivity index (χ3n) is 4.23. The lowest BCUT2D eigenvalue weighted by Gasteiger charge is -2.16. The smallest absolute Gasteiger partial charge is 0.214 e. The van der Waals surface area contributed by atoms with E-state index in [4.69, 9.17) is 4.74 Å². The third kappa shape index (κ3) is 3.72. The molecule has 20 heavy (non-hydrogen) atoms. The zero-order valence-corrected chi connectivity index (χ0v) is 12.7. The first-order valence-corrected chi connectivity index (χ1v) is 8.11. The predicted octanol–water partition coefficient (Wildman–Crippen LogP) is 3.78. The molecule has 1 N–H and O–H groups in total. The summed E-state index contributed by atoms with van der Waals surface area (Å²) in [5.74, 6) is 1.28. The molecule has 0 spiro atoms. The SMILES string of the molecule is CC(C)c1cc(CNC2CC2)cc(OC2CCCC2)n1. The lowest BCUT2D eigenvalue weighted by Crippen LogP contribution is -2.17. The Bertz CT molecular complexity index is 448. The zero-order chi connectivity index (χ0) is 13.9. The Labute approximate surface area is 122 Å². The van der Waals surface area contributed by atoms with Crippen LogP contribution in [0.3, 0.4) is 0 Å². The molecular formula is C17H26N2O. The number of hydrogen-bond acceptors (Lipinski definition) is 3. The van der Waals surface area contributed by atoms with Crippen molar-refractivity contribution in [1.29, 1.82) is 0 Å². The normalized spacial score (nSPS) is 19.8. The van der Waals surface area contributed by atoms with Gasteiger partial charge in [-0.05, 0) is 56.1 Å². The van der Waals surface area contributed by atoms with E-state index >= 15 is 0 Å².